The van der Waals surface area contributed by atoms with Crippen LogP contribution in [0, 0.1) is 38.2 Å². The van der Waals surface area contributed by atoms with Crippen molar-refractivity contribution in [2.75, 3.05) is 78.6 Å². The number of nitrogens with two attached hydrogens (primary N) is 2. The quantitative estimate of drug-likeness (QED) is 0.0849. The highest BCUT2D eigenvalue weighted by molar-refractivity contribution is 6.37. The predicted molar refractivity (Wildman–Crippen MR) is 516 cm³/mol. The van der Waals surface area contributed by atoms with E-state index in [1.165, 1.54) is 45.6 Å². The fourth-order valence-electron chi connectivity index (χ4n) is 19.6. The van der Waals surface area contributed by atoms with E-state index < -0.39 is 28.6 Å². The summed E-state index contributed by atoms with van der Waals surface area (Å²) in [6.45, 7) is 37.6. The molecule has 13 aromatic rings. The van der Waals surface area contributed by atoms with E-state index in [4.69, 9.17) is 70.7 Å². The zero-order valence-electron chi connectivity index (χ0n) is 75.1. The average Bonchev–Trinajstić information content (AvgIpc) is 1.18. The van der Waals surface area contributed by atoms with Gasteiger partial charge in [0.15, 0.2) is 11.3 Å². The molecule has 0 spiro atoms. The smallest absolute Gasteiger partial charge is 0.301 e. The van der Waals surface area contributed by atoms with Crippen molar-refractivity contribution in [2.45, 2.75) is 150 Å². The van der Waals surface area contributed by atoms with Crippen LogP contribution in [0.4, 0.5) is 41.6 Å². The van der Waals surface area contributed by atoms with Gasteiger partial charge in [-0.1, -0.05) is 126 Å². The van der Waals surface area contributed by atoms with Gasteiger partial charge in [0.2, 0.25) is 29.2 Å². The van der Waals surface area contributed by atoms with Gasteiger partial charge in [0.05, 0.1) is 86.0 Å². The van der Waals surface area contributed by atoms with E-state index in [2.05, 4.69) is 49.4 Å². The number of aryl methyl sites for hydroxylation is 3. The Labute approximate surface area is 775 Å². The Bertz CT molecular complexity index is 7220. The Hall–Kier alpha value is -13.4. The molecular weight excluding hydrogens is 1740 g/mol. The maximum Gasteiger partial charge on any atom is 0.301 e. The lowest BCUT2D eigenvalue weighted by Crippen LogP contribution is -2.62. The standard InChI is InChI=1S/C36H33ClFN5O3.C33H34ClFN6O3.C32H32ClFN6O2/c1-6-28(44)41-17-23-18-46-34-33(42(23)16-21(41)5)25-15-27(38)31(24-11-7-9-22-10-8-12-26(37)29(22)24)40-35(25)43(36(34)45)32-20(4)13-14-39-30(32)19(2)3;1-6-26(42)39-16-21-10-12-44-31-30(40(21)15-19(39)5)23-14-25(35)28(22-13-20(36)7-8-24(22)34)38-32(23)41(33(31)43)29-18(4)9-11-37-27(29)17(2)3;1-6-26(41)38-15-20-12-23-30(39(20)14-18(38)5)22-13-25(34)28(21-11-19(35)7-8-24(21)33)37-31(22)40(32(23)42)29-17(4)9-10-36-27(29)16(2)3/h6-15,19,21,23H,1,16-18H2,2-5H3;6-9,11,13-14,17,19,21H,1,10,12,15-16,36H2,2-5H3;6-11,13,16,18,20H,1,12,14-15,35H2,2-5H3. The van der Waals surface area contributed by atoms with Crippen molar-refractivity contribution < 1.29 is 37.0 Å². The number of rotatable bonds is 12. The molecule has 9 aromatic heterocycles. The Morgan fingerprint density at radius 1 is 0.455 bits per heavy atom. The van der Waals surface area contributed by atoms with E-state index in [0.29, 0.717) is 168 Å². The van der Waals surface area contributed by atoms with Crippen LogP contribution in [0.5, 0.6) is 11.5 Å². The summed E-state index contributed by atoms with van der Waals surface area (Å²) in [4.78, 5) is 122. The second-order valence-corrected chi connectivity index (χ2v) is 36.8. The summed E-state index contributed by atoms with van der Waals surface area (Å²) in [5.41, 5.74) is 22.5. The lowest BCUT2D eigenvalue weighted by Gasteiger charge is -2.48. The van der Waals surface area contributed by atoms with E-state index >= 15 is 13.2 Å². The van der Waals surface area contributed by atoms with Gasteiger partial charge in [0.1, 0.15) is 46.8 Å². The van der Waals surface area contributed by atoms with Gasteiger partial charge in [-0.25, -0.2) is 28.1 Å². The van der Waals surface area contributed by atoms with Crippen molar-refractivity contribution in [3.63, 3.8) is 0 Å². The minimum absolute atomic E-state index is 0.00374. The number of pyridine rings is 9. The molecule has 6 aliphatic rings. The fourth-order valence-corrected chi connectivity index (χ4v) is 20.3. The third-order valence-electron chi connectivity index (χ3n) is 25.9. The predicted octanol–water partition coefficient (Wildman–Crippen LogP) is 17.8. The second kappa shape index (κ2) is 35.7. The molecular formula is C101H99Cl3F3N17O8. The second-order valence-electron chi connectivity index (χ2n) is 35.5. The number of aromatic nitrogens is 9. The van der Waals surface area contributed by atoms with Gasteiger partial charge in [-0.05, 0) is 178 Å². The van der Waals surface area contributed by atoms with Crippen LogP contribution in [0.25, 0.3) is 94.7 Å². The molecule has 0 radical (unpaired) electrons. The number of halogens is 6. The number of fused-ring (bicyclic) bond motifs is 16. The van der Waals surface area contributed by atoms with E-state index in [0.717, 1.165) is 27.8 Å². The molecule has 0 aliphatic carbocycles. The maximum atomic E-state index is 16.5. The number of carbonyl (C=O) groups excluding carboxylic acids is 3. The zero-order valence-corrected chi connectivity index (χ0v) is 77.4. The number of hydrogen-bond acceptors (Lipinski definition) is 19. The van der Waals surface area contributed by atoms with Crippen LogP contribution in [0.15, 0.2) is 180 Å². The van der Waals surface area contributed by atoms with Crippen LogP contribution >= 0.6 is 34.8 Å². The molecule has 0 bridgehead atoms. The summed E-state index contributed by atoms with van der Waals surface area (Å²) in [6, 6.07) is 29.4. The van der Waals surface area contributed by atoms with Gasteiger partial charge in [0.25, 0.3) is 5.56 Å². The van der Waals surface area contributed by atoms with Crippen LogP contribution in [-0.4, -0.2) is 165 Å². The number of ether oxygens (including phenoxy) is 2. The largest absolute Gasteiger partial charge is 0.486 e. The van der Waals surface area contributed by atoms with Crippen molar-refractivity contribution in [2.24, 2.45) is 0 Å². The molecule has 6 atom stereocenters. The maximum absolute atomic E-state index is 16.5. The normalized spacial score (nSPS) is 17.9. The highest BCUT2D eigenvalue weighted by Crippen LogP contribution is 2.49. The Morgan fingerprint density at radius 3 is 1.27 bits per heavy atom. The summed E-state index contributed by atoms with van der Waals surface area (Å²) >= 11 is 19.7. The van der Waals surface area contributed by atoms with Crippen LogP contribution in [0.3, 0.4) is 0 Å². The first-order chi connectivity index (χ1) is 63.1. The number of nitrogens with zero attached hydrogens (tertiary/aromatic N) is 15. The minimum atomic E-state index is -0.626. The molecule has 0 saturated carbocycles. The molecule has 15 heterocycles. The zero-order chi connectivity index (χ0) is 93.9. The Kier molecular flexibility index (Phi) is 24.5. The third kappa shape index (κ3) is 15.6. The van der Waals surface area contributed by atoms with Crippen LogP contribution < -0.4 is 52.3 Å². The Morgan fingerprint density at radius 2 is 0.833 bits per heavy atom. The van der Waals surface area contributed by atoms with Gasteiger partial charge >= 0.3 is 11.1 Å². The van der Waals surface area contributed by atoms with Gasteiger partial charge in [0, 0.05) is 149 Å². The highest BCUT2D eigenvalue weighted by Gasteiger charge is 2.46. The van der Waals surface area contributed by atoms with Crippen LogP contribution in [0.2, 0.25) is 15.1 Å². The first-order valence-corrected chi connectivity index (χ1v) is 45.1. The molecule has 6 unspecified atom stereocenters. The fraction of sp³-hybridized carbons (Fsp3) is 0.307. The molecule has 31 heteroatoms. The molecule has 19 rings (SSSR count). The molecule has 3 amide bonds. The molecule has 678 valence electrons. The van der Waals surface area contributed by atoms with Crippen molar-refractivity contribution >= 4 is 125 Å². The summed E-state index contributed by atoms with van der Waals surface area (Å²) in [7, 11) is 0. The number of piperazine rings is 3. The highest BCUT2D eigenvalue weighted by atomic mass is 35.5. The molecule has 3 saturated heterocycles. The SMILES string of the molecule is C=CC(=O)N1CC2CCOc3c(c4cc(F)c(-c5cc(N)ccc5Cl)nc4n(-c4c(C)ccnc4C(C)C)c3=O)N2CC1C.C=CC(=O)N1CC2COc3c(c4cc(F)c(-c5cccc6cccc(Cl)c56)nc4n(-c4c(C)ccnc4C(C)C)c3=O)N2CC1C.C=CC(=O)N1CC2Cc3c(c4cc(F)c(-c5cc(N)ccc5Cl)nc4n(-c4c(C)ccnc4C(C)C)c3=O)N2CC1C. The lowest BCUT2D eigenvalue weighted by atomic mass is 9.99. The van der Waals surface area contributed by atoms with E-state index in [1.807, 2.05) is 126 Å². The molecule has 25 nitrogen and oxygen atoms in total. The van der Waals surface area contributed by atoms with Crippen molar-refractivity contribution in [1.82, 2.24) is 58.3 Å². The lowest BCUT2D eigenvalue weighted by molar-refractivity contribution is -0.129. The molecule has 3 fully saturated rings. The molecule has 4 aromatic carbocycles. The average molecular weight is 1840 g/mol. The summed E-state index contributed by atoms with van der Waals surface area (Å²) in [6.07, 6.45) is 10.1. The van der Waals surface area contributed by atoms with Gasteiger partial charge < -0.3 is 50.3 Å². The summed E-state index contributed by atoms with van der Waals surface area (Å²) in [5, 5.41) is 3.90. The number of benzene rings is 4. The number of amides is 3. The topological polar surface area (TPSA) is 284 Å². The van der Waals surface area contributed by atoms with Gasteiger partial charge in [-0.3, -0.25) is 57.4 Å². The van der Waals surface area contributed by atoms with Crippen LogP contribution in [0.1, 0.15) is 126 Å². The number of hydrogen-bond donors (Lipinski definition) is 2. The monoisotopic (exact) mass is 1840 g/mol. The summed E-state index contributed by atoms with van der Waals surface area (Å²) < 4.78 is 65.9. The van der Waals surface area contributed by atoms with Crippen molar-refractivity contribution in [3.8, 4) is 62.3 Å². The molecule has 6 aliphatic heterocycles. The minimum Gasteiger partial charge on any atom is -0.486 e. The number of anilines is 5. The van der Waals surface area contributed by atoms with E-state index in [-0.39, 0.29) is 135 Å². The van der Waals surface area contributed by atoms with E-state index in [9.17, 15) is 28.8 Å². The van der Waals surface area contributed by atoms with Crippen LogP contribution in [-0.2, 0) is 20.8 Å². The summed E-state index contributed by atoms with van der Waals surface area (Å²) in [5.74, 6) is -2.05. The van der Waals surface area contributed by atoms with Gasteiger partial charge in [-0.2, -0.15) is 0 Å². The third-order valence-corrected chi connectivity index (χ3v) is 26.9. The Balaban J connectivity index is 0.000000138. The first kappa shape index (κ1) is 90.5. The van der Waals surface area contributed by atoms with E-state index in [1.54, 1.807) is 86.4 Å². The molecule has 4 N–H and O–H groups in total. The van der Waals surface area contributed by atoms with Crippen molar-refractivity contribution in [1.29, 1.82) is 0 Å². The number of nitrogen functional groups attached to an aromatic ring is 2. The number of carbonyl (C=O) groups is 3. The first-order valence-electron chi connectivity index (χ1n) is 44.0. The van der Waals surface area contributed by atoms with Gasteiger partial charge in [-0.15, -0.1) is 0 Å². The molecule has 132 heavy (non-hydrogen) atoms. The van der Waals surface area contributed by atoms with Crippen molar-refractivity contribution in [3.05, 3.63) is 269 Å².